The summed E-state index contributed by atoms with van der Waals surface area (Å²) in [7, 11) is 0. The summed E-state index contributed by atoms with van der Waals surface area (Å²) in [4.78, 5) is 12.0. The zero-order chi connectivity index (χ0) is 15.1. The maximum absolute atomic E-state index is 12.0. The van der Waals surface area contributed by atoms with Crippen LogP contribution in [0.15, 0.2) is 54.6 Å². The second kappa shape index (κ2) is 7.45. The zero-order valence-corrected chi connectivity index (χ0v) is 12.2. The summed E-state index contributed by atoms with van der Waals surface area (Å²) in [6.45, 7) is 2.45. The largest absolute Gasteiger partial charge is 0.335 e. The molecule has 4 N–H and O–H groups in total. The normalized spacial score (nSPS) is 11.7. The van der Waals surface area contributed by atoms with Gasteiger partial charge in [-0.2, -0.15) is 0 Å². The van der Waals surface area contributed by atoms with Gasteiger partial charge in [-0.25, -0.2) is 4.79 Å². The molecule has 0 bridgehead atoms. The molecule has 0 spiro atoms. The molecule has 2 aromatic rings. The molecular formula is C17H21N3O. The Morgan fingerprint density at radius 2 is 1.81 bits per heavy atom. The summed E-state index contributed by atoms with van der Waals surface area (Å²) >= 11 is 0. The van der Waals surface area contributed by atoms with Crippen LogP contribution in [0.4, 0.5) is 10.5 Å². The van der Waals surface area contributed by atoms with Gasteiger partial charge in [0, 0.05) is 18.3 Å². The van der Waals surface area contributed by atoms with Crippen LogP contribution in [0.3, 0.4) is 0 Å². The Bertz CT molecular complexity index is 584. The van der Waals surface area contributed by atoms with E-state index in [0.717, 1.165) is 17.7 Å². The van der Waals surface area contributed by atoms with Crippen molar-refractivity contribution < 1.29 is 4.79 Å². The maximum Gasteiger partial charge on any atom is 0.319 e. The Morgan fingerprint density at radius 3 is 2.52 bits per heavy atom. The molecule has 0 aliphatic carbocycles. The molecule has 2 rings (SSSR count). The summed E-state index contributed by atoms with van der Waals surface area (Å²) in [5, 5.41) is 5.76. The van der Waals surface area contributed by atoms with Gasteiger partial charge < -0.3 is 16.4 Å². The van der Waals surface area contributed by atoms with Crippen LogP contribution in [0.5, 0.6) is 0 Å². The molecule has 0 fully saturated rings. The van der Waals surface area contributed by atoms with Crippen molar-refractivity contribution in [3.8, 4) is 0 Å². The lowest BCUT2D eigenvalue weighted by molar-refractivity contribution is 0.249. The number of carbonyl (C=O) groups is 1. The van der Waals surface area contributed by atoms with E-state index < -0.39 is 0 Å². The van der Waals surface area contributed by atoms with Crippen molar-refractivity contribution in [2.24, 2.45) is 5.73 Å². The van der Waals surface area contributed by atoms with Gasteiger partial charge in [0.1, 0.15) is 0 Å². The molecule has 1 unspecified atom stereocenters. The van der Waals surface area contributed by atoms with E-state index in [-0.39, 0.29) is 12.1 Å². The van der Waals surface area contributed by atoms with Crippen LogP contribution in [0.1, 0.15) is 18.1 Å². The number of carbonyl (C=O) groups excluding carboxylic acids is 1. The minimum absolute atomic E-state index is 0.0603. The maximum atomic E-state index is 12.0. The molecule has 4 nitrogen and oxygen atoms in total. The van der Waals surface area contributed by atoms with E-state index in [4.69, 9.17) is 5.73 Å². The van der Waals surface area contributed by atoms with Gasteiger partial charge in [-0.1, -0.05) is 42.5 Å². The second-order valence-electron chi connectivity index (χ2n) is 5.09. The standard InChI is InChI=1S/C17H21N3O/c1-13(10-14-6-3-2-4-7-14)19-17(21)20-16-9-5-8-15(11-16)12-18/h2-9,11,13H,10,12,18H2,1H3,(H2,19,20,21). The quantitative estimate of drug-likeness (QED) is 0.790. The smallest absolute Gasteiger partial charge is 0.319 e. The lowest BCUT2D eigenvalue weighted by Crippen LogP contribution is -2.37. The van der Waals surface area contributed by atoms with Gasteiger partial charge in [0.15, 0.2) is 0 Å². The van der Waals surface area contributed by atoms with Gasteiger partial charge in [0.25, 0.3) is 0 Å². The van der Waals surface area contributed by atoms with Crippen LogP contribution in [0.25, 0.3) is 0 Å². The van der Waals surface area contributed by atoms with Crippen LogP contribution < -0.4 is 16.4 Å². The van der Waals surface area contributed by atoms with Gasteiger partial charge in [-0.05, 0) is 36.6 Å². The molecule has 1 atom stereocenters. The predicted molar refractivity (Wildman–Crippen MR) is 86.1 cm³/mol. The Kier molecular flexibility index (Phi) is 5.35. The number of anilines is 1. The Morgan fingerprint density at radius 1 is 1.10 bits per heavy atom. The fraction of sp³-hybridized carbons (Fsp3) is 0.235. The minimum atomic E-state index is -0.201. The molecule has 2 amide bonds. The Labute approximate surface area is 125 Å². The number of nitrogens with two attached hydrogens (primary N) is 1. The van der Waals surface area contributed by atoms with Crippen molar-refractivity contribution in [3.05, 3.63) is 65.7 Å². The SMILES string of the molecule is CC(Cc1ccccc1)NC(=O)Nc1cccc(CN)c1. The number of amides is 2. The van der Waals surface area contributed by atoms with E-state index in [9.17, 15) is 4.79 Å². The fourth-order valence-corrected chi connectivity index (χ4v) is 2.19. The molecule has 110 valence electrons. The van der Waals surface area contributed by atoms with E-state index in [1.54, 1.807) is 0 Å². The first-order valence-corrected chi connectivity index (χ1v) is 7.08. The number of hydrogen-bond acceptors (Lipinski definition) is 2. The number of rotatable bonds is 5. The van der Waals surface area contributed by atoms with Crippen molar-refractivity contribution in [3.63, 3.8) is 0 Å². The van der Waals surface area contributed by atoms with E-state index in [2.05, 4.69) is 22.8 Å². The summed E-state index contributed by atoms with van der Waals surface area (Å²) in [6, 6.07) is 17.5. The van der Waals surface area contributed by atoms with Gasteiger partial charge in [0.2, 0.25) is 0 Å². The molecule has 2 aromatic carbocycles. The summed E-state index contributed by atoms with van der Waals surface area (Å²) < 4.78 is 0. The molecule has 21 heavy (non-hydrogen) atoms. The van der Waals surface area contributed by atoms with Crippen molar-refractivity contribution in [2.75, 3.05) is 5.32 Å². The average Bonchev–Trinajstić information content (AvgIpc) is 2.48. The number of benzene rings is 2. The highest BCUT2D eigenvalue weighted by Crippen LogP contribution is 2.10. The molecule has 0 aliphatic rings. The van der Waals surface area contributed by atoms with Gasteiger partial charge >= 0.3 is 6.03 Å². The van der Waals surface area contributed by atoms with Crippen molar-refractivity contribution in [2.45, 2.75) is 25.9 Å². The summed E-state index contributed by atoms with van der Waals surface area (Å²) in [5.74, 6) is 0. The fourth-order valence-electron chi connectivity index (χ4n) is 2.19. The highest BCUT2D eigenvalue weighted by atomic mass is 16.2. The number of urea groups is 1. The molecular weight excluding hydrogens is 262 g/mol. The lowest BCUT2D eigenvalue weighted by atomic mass is 10.1. The zero-order valence-electron chi connectivity index (χ0n) is 12.2. The third-order valence-corrected chi connectivity index (χ3v) is 3.18. The van der Waals surface area contributed by atoms with Crippen LogP contribution in [0.2, 0.25) is 0 Å². The van der Waals surface area contributed by atoms with E-state index in [0.29, 0.717) is 6.54 Å². The molecule has 0 saturated heterocycles. The molecule has 4 heteroatoms. The number of hydrogen-bond donors (Lipinski definition) is 3. The first kappa shape index (κ1) is 15.1. The first-order valence-electron chi connectivity index (χ1n) is 7.08. The molecule has 0 saturated carbocycles. The van der Waals surface area contributed by atoms with E-state index >= 15 is 0 Å². The van der Waals surface area contributed by atoms with Crippen molar-refractivity contribution in [1.29, 1.82) is 0 Å². The molecule has 0 aliphatic heterocycles. The Hall–Kier alpha value is -2.33. The molecule has 0 radical (unpaired) electrons. The third-order valence-electron chi connectivity index (χ3n) is 3.18. The minimum Gasteiger partial charge on any atom is -0.335 e. The number of nitrogens with one attached hydrogen (secondary N) is 2. The average molecular weight is 283 g/mol. The Balaban J connectivity index is 1.86. The van der Waals surface area contributed by atoms with Gasteiger partial charge in [0.05, 0.1) is 0 Å². The molecule has 0 heterocycles. The van der Waals surface area contributed by atoms with Gasteiger partial charge in [-0.3, -0.25) is 0 Å². The third kappa shape index (κ3) is 4.93. The van der Waals surface area contributed by atoms with E-state index in [1.807, 2.05) is 49.4 Å². The monoisotopic (exact) mass is 283 g/mol. The van der Waals surface area contributed by atoms with Crippen LogP contribution in [0, 0.1) is 0 Å². The highest BCUT2D eigenvalue weighted by molar-refractivity contribution is 5.89. The topological polar surface area (TPSA) is 67.2 Å². The van der Waals surface area contributed by atoms with E-state index in [1.165, 1.54) is 5.56 Å². The van der Waals surface area contributed by atoms with Crippen molar-refractivity contribution >= 4 is 11.7 Å². The van der Waals surface area contributed by atoms with Crippen LogP contribution in [-0.2, 0) is 13.0 Å². The van der Waals surface area contributed by atoms with Gasteiger partial charge in [-0.15, -0.1) is 0 Å². The summed E-state index contributed by atoms with van der Waals surface area (Å²) in [6.07, 6.45) is 0.803. The molecule has 0 aromatic heterocycles. The van der Waals surface area contributed by atoms with Crippen LogP contribution >= 0.6 is 0 Å². The second-order valence-corrected chi connectivity index (χ2v) is 5.09. The van der Waals surface area contributed by atoms with Crippen molar-refractivity contribution in [1.82, 2.24) is 5.32 Å². The highest BCUT2D eigenvalue weighted by Gasteiger charge is 2.08. The lowest BCUT2D eigenvalue weighted by Gasteiger charge is -2.15. The van der Waals surface area contributed by atoms with Crippen LogP contribution in [-0.4, -0.2) is 12.1 Å². The predicted octanol–water partition coefficient (Wildman–Crippen LogP) is 2.90. The first-order chi connectivity index (χ1) is 10.2. The summed E-state index contributed by atoms with van der Waals surface area (Å²) in [5.41, 5.74) is 8.54.